The van der Waals surface area contributed by atoms with Gasteiger partial charge >= 0.3 is 0 Å². The molecule has 0 fully saturated rings. The van der Waals surface area contributed by atoms with Crippen molar-refractivity contribution >= 4 is 5.78 Å². The van der Waals surface area contributed by atoms with E-state index in [1.54, 1.807) is 0 Å². The molecule has 0 heterocycles. The van der Waals surface area contributed by atoms with Gasteiger partial charge in [-0.25, -0.2) is 13.2 Å². The molecule has 0 saturated heterocycles. The van der Waals surface area contributed by atoms with Crippen LogP contribution in [0.25, 0.3) is 0 Å². The van der Waals surface area contributed by atoms with Crippen LogP contribution in [-0.4, -0.2) is 18.4 Å². The molecule has 0 aromatic rings. The number of carbonyl (C=O) groups excluding carboxylic acids is 1. The van der Waals surface area contributed by atoms with E-state index in [4.69, 9.17) is 0 Å². The second-order valence-electron chi connectivity index (χ2n) is 2.67. The van der Waals surface area contributed by atoms with E-state index in [1.807, 2.05) is 6.92 Å². The van der Waals surface area contributed by atoms with Crippen molar-refractivity contribution in [2.75, 3.05) is 0 Å². The first-order chi connectivity index (χ1) is 5.59. The van der Waals surface area contributed by atoms with E-state index in [9.17, 15) is 18.0 Å². The lowest BCUT2D eigenvalue weighted by Gasteiger charge is -2.04. The number of rotatable bonds is 6. The van der Waals surface area contributed by atoms with Crippen LogP contribution >= 0.6 is 0 Å². The number of halogens is 3. The number of alkyl halides is 3. The first-order valence-corrected chi connectivity index (χ1v) is 4.05. The Labute approximate surface area is 70.0 Å². The molecule has 4 heteroatoms. The Morgan fingerprint density at radius 1 is 1.25 bits per heavy atom. The van der Waals surface area contributed by atoms with Crippen molar-refractivity contribution in [2.45, 2.75) is 45.2 Å². The van der Waals surface area contributed by atoms with E-state index in [1.165, 1.54) is 0 Å². The van der Waals surface area contributed by atoms with Crippen LogP contribution in [0.3, 0.4) is 0 Å². The molecule has 0 rings (SSSR count). The van der Waals surface area contributed by atoms with Crippen molar-refractivity contribution in [3.05, 3.63) is 0 Å². The molecule has 0 aliphatic carbocycles. The molecule has 0 amide bonds. The highest BCUT2D eigenvalue weighted by atomic mass is 19.3. The van der Waals surface area contributed by atoms with Crippen LogP contribution < -0.4 is 0 Å². The number of carbonyl (C=O) groups is 1. The molecule has 12 heavy (non-hydrogen) atoms. The van der Waals surface area contributed by atoms with E-state index in [0.29, 0.717) is 6.42 Å². The summed E-state index contributed by atoms with van der Waals surface area (Å²) in [7, 11) is 0. The minimum atomic E-state index is -3.17. The van der Waals surface area contributed by atoms with Crippen LogP contribution in [0.4, 0.5) is 13.2 Å². The maximum absolute atomic E-state index is 12.5. The zero-order valence-electron chi connectivity index (χ0n) is 7.03. The number of hydrogen-bond acceptors (Lipinski definition) is 1. The van der Waals surface area contributed by atoms with Crippen molar-refractivity contribution in [1.29, 1.82) is 0 Å². The molecule has 0 saturated carbocycles. The van der Waals surface area contributed by atoms with Crippen molar-refractivity contribution in [3.63, 3.8) is 0 Å². The number of Topliss-reactive ketones (excluding diaryl/α,β-unsaturated/α-hetero) is 1. The van der Waals surface area contributed by atoms with Gasteiger partial charge in [0.2, 0.25) is 5.78 Å². The monoisotopic (exact) mass is 182 g/mol. The van der Waals surface area contributed by atoms with E-state index < -0.39 is 18.4 Å². The SMILES string of the molecule is CCCCCC(F)C(=O)C(F)F. The lowest BCUT2D eigenvalue weighted by atomic mass is 10.1. The van der Waals surface area contributed by atoms with Crippen LogP contribution in [0.1, 0.15) is 32.6 Å². The highest BCUT2D eigenvalue weighted by Gasteiger charge is 2.25. The second kappa shape index (κ2) is 6.03. The first-order valence-electron chi connectivity index (χ1n) is 4.05. The Bertz CT molecular complexity index is 136. The average molecular weight is 182 g/mol. The molecular weight excluding hydrogens is 169 g/mol. The van der Waals surface area contributed by atoms with Crippen LogP contribution in [0, 0.1) is 0 Å². The molecule has 0 aliphatic heterocycles. The number of unbranched alkanes of at least 4 members (excludes halogenated alkanes) is 2. The smallest absolute Gasteiger partial charge is 0.290 e. The fourth-order valence-corrected chi connectivity index (χ4v) is 0.853. The largest absolute Gasteiger partial charge is 0.298 e. The van der Waals surface area contributed by atoms with Crippen molar-refractivity contribution in [2.24, 2.45) is 0 Å². The predicted octanol–water partition coefficient (Wildman–Crippen LogP) is 2.74. The van der Waals surface area contributed by atoms with E-state index in [0.717, 1.165) is 12.8 Å². The normalized spacial score (nSPS) is 13.4. The maximum Gasteiger partial charge on any atom is 0.298 e. The Hall–Kier alpha value is -0.540. The third-order valence-corrected chi connectivity index (χ3v) is 1.58. The average Bonchev–Trinajstić information content (AvgIpc) is 2.03. The van der Waals surface area contributed by atoms with Gasteiger partial charge in [0.1, 0.15) is 0 Å². The molecular formula is C8H13F3O. The number of hydrogen-bond donors (Lipinski definition) is 0. The van der Waals surface area contributed by atoms with Gasteiger partial charge in [0, 0.05) is 0 Å². The lowest BCUT2D eigenvalue weighted by Crippen LogP contribution is -2.22. The summed E-state index contributed by atoms with van der Waals surface area (Å²) in [4.78, 5) is 10.3. The topological polar surface area (TPSA) is 17.1 Å². The molecule has 0 aromatic carbocycles. The minimum Gasteiger partial charge on any atom is -0.290 e. The highest BCUT2D eigenvalue weighted by molar-refractivity contribution is 5.85. The third-order valence-electron chi connectivity index (χ3n) is 1.58. The summed E-state index contributed by atoms with van der Waals surface area (Å²) in [5.74, 6) is -1.58. The molecule has 0 N–H and O–H groups in total. The van der Waals surface area contributed by atoms with Crippen molar-refractivity contribution < 1.29 is 18.0 Å². The molecule has 1 nitrogen and oxygen atoms in total. The highest BCUT2D eigenvalue weighted by Crippen LogP contribution is 2.11. The van der Waals surface area contributed by atoms with Gasteiger partial charge in [-0.15, -0.1) is 0 Å². The fraction of sp³-hybridized carbons (Fsp3) is 0.875. The third kappa shape index (κ3) is 4.36. The van der Waals surface area contributed by atoms with Crippen LogP contribution in [-0.2, 0) is 4.79 Å². The van der Waals surface area contributed by atoms with Crippen LogP contribution in [0.15, 0.2) is 0 Å². The Morgan fingerprint density at radius 2 is 1.83 bits per heavy atom. The second-order valence-corrected chi connectivity index (χ2v) is 2.67. The molecule has 72 valence electrons. The molecule has 0 radical (unpaired) electrons. The standard InChI is InChI=1S/C8H13F3O/c1-2-3-4-5-6(9)7(12)8(10)11/h6,8H,2-5H2,1H3. The van der Waals surface area contributed by atoms with E-state index >= 15 is 0 Å². The summed E-state index contributed by atoms with van der Waals surface area (Å²) in [6, 6.07) is 0. The molecule has 0 aromatic heterocycles. The summed E-state index contributed by atoms with van der Waals surface area (Å²) >= 11 is 0. The van der Waals surface area contributed by atoms with Crippen molar-refractivity contribution in [3.8, 4) is 0 Å². The van der Waals surface area contributed by atoms with Gasteiger partial charge < -0.3 is 0 Å². The molecule has 0 aliphatic rings. The summed E-state index contributed by atoms with van der Waals surface area (Å²) in [6.45, 7) is 1.92. The van der Waals surface area contributed by atoms with E-state index in [2.05, 4.69) is 0 Å². The van der Waals surface area contributed by atoms with Crippen LogP contribution in [0.5, 0.6) is 0 Å². The minimum absolute atomic E-state index is 0.0724. The van der Waals surface area contributed by atoms with Gasteiger partial charge in [-0.05, 0) is 6.42 Å². The molecule has 1 unspecified atom stereocenters. The Morgan fingerprint density at radius 3 is 2.25 bits per heavy atom. The van der Waals surface area contributed by atoms with Gasteiger partial charge in [0.25, 0.3) is 6.43 Å². The van der Waals surface area contributed by atoms with Gasteiger partial charge in [0.05, 0.1) is 0 Å². The zero-order chi connectivity index (χ0) is 9.56. The number of ketones is 1. The van der Waals surface area contributed by atoms with Crippen LogP contribution in [0.2, 0.25) is 0 Å². The predicted molar refractivity (Wildman–Crippen MR) is 40.0 cm³/mol. The van der Waals surface area contributed by atoms with E-state index in [-0.39, 0.29) is 6.42 Å². The summed E-state index contributed by atoms with van der Waals surface area (Å²) in [5, 5.41) is 0. The van der Waals surface area contributed by atoms with Crippen molar-refractivity contribution in [1.82, 2.24) is 0 Å². The summed E-state index contributed by atoms with van der Waals surface area (Å²) < 4.78 is 35.7. The maximum atomic E-state index is 12.5. The quantitative estimate of drug-likeness (QED) is 0.577. The molecule has 0 bridgehead atoms. The first kappa shape index (κ1) is 11.5. The Kier molecular flexibility index (Phi) is 5.76. The van der Waals surface area contributed by atoms with Gasteiger partial charge in [-0.1, -0.05) is 26.2 Å². The van der Waals surface area contributed by atoms with Gasteiger partial charge in [-0.3, -0.25) is 4.79 Å². The Balaban J connectivity index is 3.57. The lowest BCUT2D eigenvalue weighted by molar-refractivity contribution is -0.134. The van der Waals surface area contributed by atoms with Gasteiger partial charge in [-0.2, -0.15) is 0 Å². The molecule has 1 atom stereocenters. The summed E-state index contributed by atoms with van der Waals surface area (Å²) in [5.41, 5.74) is 0. The van der Waals surface area contributed by atoms with Gasteiger partial charge in [0.15, 0.2) is 6.17 Å². The fourth-order valence-electron chi connectivity index (χ4n) is 0.853. The summed E-state index contributed by atoms with van der Waals surface area (Å²) in [6.07, 6.45) is -3.06. The molecule has 0 spiro atoms. The zero-order valence-corrected chi connectivity index (χ0v) is 7.03.